The minimum Gasteiger partial charge on any atom is -0.465 e. The van der Waals surface area contributed by atoms with E-state index in [1.165, 1.54) is 29.1 Å². The fourth-order valence-electron chi connectivity index (χ4n) is 2.98. The Kier molecular flexibility index (Phi) is 8.08. The van der Waals surface area contributed by atoms with E-state index in [1.807, 2.05) is 36.6 Å². The van der Waals surface area contributed by atoms with Crippen molar-refractivity contribution in [1.29, 1.82) is 0 Å². The Balaban J connectivity index is 2.04. The number of esters is 2. The van der Waals surface area contributed by atoms with Crippen LogP contribution >= 0.6 is 23.1 Å². The van der Waals surface area contributed by atoms with E-state index in [4.69, 9.17) is 9.47 Å². The fraction of sp³-hybridized carbons (Fsp3) is 0.208. The zero-order valence-electron chi connectivity index (χ0n) is 18.0. The van der Waals surface area contributed by atoms with Crippen LogP contribution in [0.3, 0.4) is 0 Å². The summed E-state index contributed by atoms with van der Waals surface area (Å²) < 4.78 is 12.3. The van der Waals surface area contributed by atoms with Gasteiger partial charge in [0.25, 0.3) is 5.56 Å². The normalized spacial score (nSPS) is 12.1. The van der Waals surface area contributed by atoms with E-state index < -0.39 is 11.9 Å². The maximum absolute atomic E-state index is 13.2. The molecule has 0 aliphatic carbocycles. The SMILES string of the molecule is CCOC(=O)C=c1sc(=Cc2ccc(SC)cc2)c(=O)n1Cc1ccc(C(=O)OC)cc1. The largest absolute Gasteiger partial charge is 0.465 e. The molecule has 1 heterocycles. The van der Waals surface area contributed by atoms with Gasteiger partial charge in [-0.05, 0) is 54.6 Å². The van der Waals surface area contributed by atoms with Crippen molar-refractivity contribution in [1.82, 2.24) is 4.57 Å². The van der Waals surface area contributed by atoms with E-state index in [-0.39, 0.29) is 18.7 Å². The standard InChI is InChI=1S/C24H23NO5S2/c1-4-30-22(26)14-21-25(15-17-5-9-18(10-6-17)24(28)29-2)23(27)20(32-21)13-16-7-11-19(31-3)12-8-16/h5-14H,4,15H2,1-3H3. The number of ether oxygens (including phenoxy) is 2. The molecule has 0 atom stereocenters. The molecule has 3 aromatic rings. The molecule has 0 bridgehead atoms. The van der Waals surface area contributed by atoms with Crippen LogP contribution in [0.15, 0.2) is 58.2 Å². The molecule has 0 radical (unpaired) electrons. The zero-order chi connectivity index (χ0) is 23.1. The van der Waals surface area contributed by atoms with Gasteiger partial charge < -0.3 is 9.47 Å². The number of carbonyl (C=O) groups excluding carboxylic acids is 2. The van der Waals surface area contributed by atoms with Gasteiger partial charge in [-0.1, -0.05) is 24.3 Å². The third kappa shape index (κ3) is 5.77. The number of thiazole rings is 1. The predicted octanol–water partition coefficient (Wildman–Crippen LogP) is 2.64. The fourth-order valence-corrected chi connectivity index (χ4v) is 4.41. The molecule has 0 aliphatic rings. The van der Waals surface area contributed by atoms with E-state index in [9.17, 15) is 14.4 Å². The molecule has 2 aromatic carbocycles. The molecule has 0 saturated carbocycles. The van der Waals surface area contributed by atoms with Crippen molar-refractivity contribution in [2.24, 2.45) is 0 Å². The molecule has 0 aliphatic heterocycles. The first-order chi connectivity index (χ1) is 15.4. The highest BCUT2D eigenvalue weighted by molar-refractivity contribution is 7.98. The summed E-state index contributed by atoms with van der Waals surface area (Å²) in [6, 6.07) is 14.7. The summed E-state index contributed by atoms with van der Waals surface area (Å²) in [4.78, 5) is 38.0. The Morgan fingerprint density at radius 3 is 2.38 bits per heavy atom. The van der Waals surface area contributed by atoms with Gasteiger partial charge in [-0.2, -0.15) is 0 Å². The number of thioether (sulfide) groups is 1. The molecule has 32 heavy (non-hydrogen) atoms. The summed E-state index contributed by atoms with van der Waals surface area (Å²) in [5, 5.41) is 0. The number of benzene rings is 2. The van der Waals surface area contributed by atoms with Crippen LogP contribution in [0.1, 0.15) is 28.4 Å². The summed E-state index contributed by atoms with van der Waals surface area (Å²) in [5.74, 6) is -0.927. The molecule has 6 nitrogen and oxygen atoms in total. The average molecular weight is 470 g/mol. The van der Waals surface area contributed by atoms with Gasteiger partial charge in [-0.25, -0.2) is 9.59 Å². The summed E-state index contributed by atoms with van der Waals surface area (Å²) in [5.41, 5.74) is 1.94. The van der Waals surface area contributed by atoms with Gasteiger partial charge in [-0.15, -0.1) is 23.1 Å². The second-order valence-electron chi connectivity index (χ2n) is 6.70. The number of carbonyl (C=O) groups is 2. The molecule has 166 valence electrons. The van der Waals surface area contributed by atoms with E-state index in [0.717, 1.165) is 16.0 Å². The third-order valence-corrected chi connectivity index (χ3v) is 6.40. The van der Waals surface area contributed by atoms with Gasteiger partial charge in [0.05, 0.1) is 36.4 Å². The van der Waals surface area contributed by atoms with Crippen LogP contribution < -0.4 is 14.8 Å². The Morgan fingerprint density at radius 1 is 1.09 bits per heavy atom. The van der Waals surface area contributed by atoms with Crippen molar-refractivity contribution in [3.63, 3.8) is 0 Å². The van der Waals surface area contributed by atoms with Crippen molar-refractivity contribution in [3.05, 3.63) is 84.8 Å². The number of aromatic nitrogens is 1. The number of hydrogen-bond donors (Lipinski definition) is 0. The molecule has 0 N–H and O–H groups in total. The van der Waals surface area contributed by atoms with Crippen LogP contribution in [-0.4, -0.2) is 36.5 Å². The minimum absolute atomic E-state index is 0.198. The van der Waals surface area contributed by atoms with Crippen molar-refractivity contribution in [3.8, 4) is 0 Å². The van der Waals surface area contributed by atoms with Crippen molar-refractivity contribution in [2.45, 2.75) is 18.4 Å². The number of rotatable bonds is 7. The number of methoxy groups -OCH3 is 1. The molecule has 0 amide bonds. The van der Waals surface area contributed by atoms with Crippen molar-refractivity contribution in [2.75, 3.05) is 20.0 Å². The second-order valence-corrected chi connectivity index (χ2v) is 8.64. The quantitative estimate of drug-likeness (QED) is 0.391. The van der Waals surface area contributed by atoms with Crippen LogP contribution in [0.25, 0.3) is 12.2 Å². The van der Waals surface area contributed by atoms with Gasteiger partial charge in [0.1, 0.15) is 4.66 Å². The first kappa shape index (κ1) is 23.6. The lowest BCUT2D eigenvalue weighted by Crippen LogP contribution is -2.32. The Labute approximate surface area is 193 Å². The summed E-state index contributed by atoms with van der Waals surface area (Å²) >= 11 is 2.88. The monoisotopic (exact) mass is 469 g/mol. The van der Waals surface area contributed by atoms with E-state index in [1.54, 1.807) is 43.0 Å². The van der Waals surface area contributed by atoms with Crippen LogP contribution in [0.5, 0.6) is 0 Å². The van der Waals surface area contributed by atoms with E-state index >= 15 is 0 Å². The highest BCUT2D eigenvalue weighted by Gasteiger charge is 2.10. The highest BCUT2D eigenvalue weighted by Crippen LogP contribution is 2.15. The zero-order valence-corrected chi connectivity index (χ0v) is 19.6. The van der Waals surface area contributed by atoms with Crippen LogP contribution in [0, 0.1) is 0 Å². The summed E-state index contributed by atoms with van der Waals surface area (Å²) in [6.45, 7) is 2.23. The molecular weight excluding hydrogens is 446 g/mol. The summed E-state index contributed by atoms with van der Waals surface area (Å²) in [7, 11) is 1.32. The first-order valence-electron chi connectivity index (χ1n) is 9.86. The maximum Gasteiger partial charge on any atom is 0.337 e. The Bertz CT molecular complexity index is 1270. The Hall–Kier alpha value is -3.10. The molecule has 0 saturated heterocycles. The molecule has 3 rings (SSSR count). The molecule has 0 unspecified atom stereocenters. The lowest BCUT2D eigenvalue weighted by molar-refractivity contribution is -0.135. The minimum atomic E-state index is -0.501. The molecule has 0 fully saturated rings. The Morgan fingerprint density at radius 2 is 1.78 bits per heavy atom. The highest BCUT2D eigenvalue weighted by atomic mass is 32.2. The number of nitrogens with zero attached hydrogens (tertiary/aromatic N) is 1. The van der Waals surface area contributed by atoms with Gasteiger partial charge >= 0.3 is 11.9 Å². The molecule has 8 heteroatoms. The van der Waals surface area contributed by atoms with E-state index in [0.29, 0.717) is 14.8 Å². The second kappa shape index (κ2) is 11.0. The van der Waals surface area contributed by atoms with Crippen LogP contribution in [0.2, 0.25) is 0 Å². The number of hydrogen-bond acceptors (Lipinski definition) is 7. The van der Waals surface area contributed by atoms with Gasteiger partial charge in [0, 0.05) is 4.90 Å². The van der Waals surface area contributed by atoms with Crippen molar-refractivity contribution < 1.29 is 19.1 Å². The van der Waals surface area contributed by atoms with Crippen LogP contribution in [-0.2, 0) is 20.8 Å². The first-order valence-corrected chi connectivity index (χ1v) is 11.9. The maximum atomic E-state index is 13.2. The molecular formula is C24H23NO5S2. The molecule has 1 aromatic heterocycles. The van der Waals surface area contributed by atoms with Crippen molar-refractivity contribution >= 4 is 47.2 Å². The lowest BCUT2D eigenvalue weighted by Gasteiger charge is -2.04. The van der Waals surface area contributed by atoms with E-state index in [2.05, 4.69) is 0 Å². The summed E-state index contributed by atoms with van der Waals surface area (Å²) in [6.07, 6.45) is 5.16. The van der Waals surface area contributed by atoms with Gasteiger partial charge in [0.2, 0.25) is 0 Å². The van der Waals surface area contributed by atoms with Gasteiger partial charge in [-0.3, -0.25) is 9.36 Å². The average Bonchev–Trinajstić information content (AvgIpc) is 3.08. The van der Waals surface area contributed by atoms with Gasteiger partial charge in [0.15, 0.2) is 0 Å². The lowest BCUT2D eigenvalue weighted by atomic mass is 10.1. The van der Waals surface area contributed by atoms with Crippen LogP contribution in [0.4, 0.5) is 0 Å². The topological polar surface area (TPSA) is 74.6 Å². The third-order valence-electron chi connectivity index (χ3n) is 4.59. The predicted molar refractivity (Wildman–Crippen MR) is 128 cm³/mol. The smallest absolute Gasteiger partial charge is 0.337 e. The molecule has 0 spiro atoms.